The van der Waals surface area contributed by atoms with Gasteiger partial charge in [-0.2, -0.15) is 4.31 Å². The first-order valence-electron chi connectivity index (χ1n) is 13.2. The lowest BCUT2D eigenvalue weighted by Gasteiger charge is -2.28. The van der Waals surface area contributed by atoms with Crippen LogP contribution in [0.5, 0.6) is 11.5 Å². The number of nitrogens with one attached hydrogen (secondary N) is 1. The summed E-state index contributed by atoms with van der Waals surface area (Å²) in [5.41, 5.74) is 0.359. The van der Waals surface area contributed by atoms with Crippen molar-refractivity contribution < 1.29 is 27.5 Å². The molecule has 3 atom stereocenters. The predicted molar refractivity (Wildman–Crippen MR) is 146 cm³/mol. The van der Waals surface area contributed by atoms with Gasteiger partial charge in [-0.25, -0.2) is 13.4 Å². The van der Waals surface area contributed by atoms with E-state index in [1.165, 1.54) is 17.2 Å². The molecule has 10 nitrogen and oxygen atoms in total. The summed E-state index contributed by atoms with van der Waals surface area (Å²) in [6, 6.07) is 18.0. The summed E-state index contributed by atoms with van der Waals surface area (Å²) in [5, 5.41) is 2.68. The zero-order valence-corrected chi connectivity index (χ0v) is 22.8. The second-order valence-corrected chi connectivity index (χ2v) is 11.6. The summed E-state index contributed by atoms with van der Waals surface area (Å²) in [5.74, 6) is 0.0797. The molecule has 11 heteroatoms. The fourth-order valence-corrected chi connectivity index (χ4v) is 6.81. The molecule has 40 heavy (non-hydrogen) atoms. The van der Waals surface area contributed by atoms with Crippen molar-refractivity contribution in [3.05, 3.63) is 84.6 Å². The number of ether oxygens (including phenoxy) is 1. The van der Waals surface area contributed by atoms with Gasteiger partial charge in [-0.05, 0) is 61.4 Å². The highest BCUT2D eigenvalue weighted by atomic mass is 32.2. The minimum Gasteiger partial charge on any atom is -0.457 e. The molecule has 2 amide bonds. The molecule has 0 bridgehead atoms. The molecule has 2 aliphatic rings. The Labute approximate surface area is 233 Å². The lowest BCUT2D eigenvalue weighted by atomic mass is 10.1. The van der Waals surface area contributed by atoms with Gasteiger partial charge in [-0.15, -0.1) is 0 Å². The monoisotopic (exact) mass is 562 g/mol. The Morgan fingerprint density at radius 3 is 2.40 bits per heavy atom. The van der Waals surface area contributed by atoms with Crippen LogP contribution in [-0.4, -0.2) is 71.4 Å². The summed E-state index contributed by atoms with van der Waals surface area (Å²) in [4.78, 5) is 45.1. The smallest absolute Gasteiger partial charge is 0.261 e. The van der Waals surface area contributed by atoms with E-state index in [-0.39, 0.29) is 23.9 Å². The maximum absolute atomic E-state index is 13.6. The van der Waals surface area contributed by atoms with Crippen LogP contribution in [0.1, 0.15) is 36.5 Å². The van der Waals surface area contributed by atoms with Crippen molar-refractivity contribution in [1.29, 1.82) is 0 Å². The van der Waals surface area contributed by atoms with Crippen LogP contribution >= 0.6 is 0 Å². The summed E-state index contributed by atoms with van der Waals surface area (Å²) >= 11 is 0. The van der Waals surface area contributed by atoms with Crippen LogP contribution in [0.15, 0.2) is 84.0 Å². The van der Waals surface area contributed by atoms with Crippen LogP contribution < -0.4 is 10.1 Å². The second-order valence-electron chi connectivity index (χ2n) is 9.77. The number of carbonyl (C=O) groups is 3. The predicted octanol–water partition coefficient (Wildman–Crippen LogP) is 3.02. The first kappa shape index (κ1) is 27.5. The van der Waals surface area contributed by atoms with E-state index in [4.69, 9.17) is 4.74 Å². The molecule has 2 fully saturated rings. The Morgan fingerprint density at radius 1 is 1.02 bits per heavy atom. The van der Waals surface area contributed by atoms with Crippen LogP contribution in [0, 0.1) is 0 Å². The molecule has 3 heterocycles. The maximum atomic E-state index is 13.6. The molecular formula is C29H30N4O6S. The molecule has 2 aromatic carbocycles. The average molecular weight is 563 g/mol. The average Bonchev–Trinajstić information content (AvgIpc) is 3.55. The minimum atomic E-state index is -4.00. The Kier molecular flexibility index (Phi) is 7.95. The van der Waals surface area contributed by atoms with E-state index in [1.807, 2.05) is 37.3 Å². The molecule has 0 aliphatic carbocycles. The number of likely N-dealkylation sites (tertiary alicyclic amines) is 1. The minimum absolute atomic E-state index is 0.135. The van der Waals surface area contributed by atoms with E-state index in [9.17, 15) is 22.8 Å². The Morgan fingerprint density at radius 2 is 1.73 bits per heavy atom. The third-order valence-electron chi connectivity index (χ3n) is 7.15. The molecule has 0 radical (unpaired) electrons. The van der Waals surface area contributed by atoms with Gasteiger partial charge in [0.2, 0.25) is 5.91 Å². The normalized spacial score (nSPS) is 19.7. The highest BCUT2D eigenvalue weighted by Gasteiger charge is 2.54. The van der Waals surface area contributed by atoms with E-state index in [1.54, 1.807) is 36.4 Å². The number of aromatic nitrogens is 1. The molecule has 0 spiro atoms. The number of Topliss-reactive ketones (excluding diaryl/α,β-unsaturated/α-hetero) is 1. The third kappa shape index (κ3) is 5.47. The fraction of sp³-hybridized carbons (Fsp3) is 0.310. The third-order valence-corrected chi connectivity index (χ3v) is 8.93. The van der Waals surface area contributed by atoms with Crippen molar-refractivity contribution in [3.8, 4) is 11.5 Å². The zero-order chi connectivity index (χ0) is 28.3. The van der Waals surface area contributed by atoms with Crippen molar-refractivity contribution in [2.75, 3.05) is 13.1 Å². The van der Waals surface area contributed by atoms with Crippen molar-refractivity contribution >= 4 is 27.6 Å². The number of sulfonamides is 1. The fourth-order valence-electron chi connectivity index (χ4n) is 5.25. The Hall–Kier alpha value is -4.09. The van der Waals surface area contributed by atoms with E-state index >= 15 is 0 Å². The van der Waals surface area contributed by atoms with E-state index in [0.717, 1.165) is 4.31 Å². The van der Waals surface area contributed by atoms with Crippen LogP contribution in [0.3, 0.4) is 0 Å². The van der Waals surface area contributed by atoms with E-state index in [0.29, 0.717) is 36.3 Å². The molecule has 1 N–H and O–H groups in total. The van der Waals surface area contributed by atoms with Crippen LogP contribution in [-0.2, 0) is 19.6 Å². The highest BCUT2D eigenvalue weighted by molar-refractivity contribution is 7.89. The molecule has 2 aliphatic heterocycles. The van der Waals surface area contributed by atoms with Crippen molar-refractivity contribution in [1.82, 2.24) is 19.5 Å². The molecule has 5 rings (SSSR count). The summed E-state index contributed by atoms with van der Waals surface area (Å²) in [6.45, 7) is 1.80. The van der Waals surface area contributed by atoms with Gasteiger partial charge in [0, 0.05) is 18.3 Å². The maximum Gasteiger partial charge on any atom is 0.261 e. The number of carbonyl (C=O) groups excluding carboxylic acids is 3. The zero-order valence-electron chi connectivity index (χ0n) is 22.0. The quantitative estimate of drug-likeness (QED) is 0.425. The van der Waals surface area contributed by atoms with Gasteiger partial charge < -0.3 is 15.0 Å². The van der Waals surface area contributed by atoms with Crippen molar-refractivity contribution in [3.63, 3.8) is 0 Å². The number of benzene rings is 2. The van der Waals surface area contributed by atoms with Gasteiger partial charge in [0.05, 0.1) is 12.6 Å². The van der Waals surface area contributed by atoms with Gasteiger partial charge in [0.15, 0.2) is 10.8 Å². The number of fused-ring (bicyclic) bond motifs is 1. The van der Waals surface area contributed by atoms with Crippen molar-refractivity contribution in [2.45, 2.75) is 49.3 Å². The number of pyridine rings is 1. The lowest BCUT2D eigenvalue weighted by molar-refractivity contribution is -0.138. The number of nitrogens with zero attached hydrogens (tertiary/aromatic N) is 3. The number of hydrogen-bond acceptors (Lipinski definition) is 7. The number of para-hydroxylation sites is 1. The molecule has 3 unspecified atom stereocenters. The number of rotatable bonds is 9. The molecule has 2 saturated heterocycles. The van der Waals surface area contributed by atoms with Gasteiger partial charge in [0.1, 0.15) is 23.6 Å². The van der Waals surface area contributed by atoms with E-state index < -0.39 is 40.0 Å². The van der Waals surface area contributed by atoms with Crippen LogP contribution in [0.25, 0.3) is 0 Å². The summed E-state index contributed by atoms with van der Waals surface area (Å²) in [7, 11) is -4.00. The molecule has 1 aromatic heterocycles. The van der Waals surface area contributed by atoms with Gasteiger partial charge in [-0.1, -0.05) is 37.6 Å². The molecule has 3 aromatic rings. The largest absolute Gasteiger partial charge is 0.457 e. The Bertz CT molecular complexity index is 1480. The number of ketones is 1. The number of hydrogen-bond donors (Lipinski definition) is 1. The topological polar surface area (TPSA) is 126 Å². The van der Waals surface area contributed by atoms with E-state index in [2.05, 4.69) is 10.3 Å². The first-order valence-corrected chi connectivity index (χ1v) is 14.6. The lowest BCUT2D eigenvalue weighted by Crippen LogP contribution is -2.52. The molecule has 0 saturated carbocycles. The summed E-state index contributed by atoms with van der Waals surface area (Å²) < 4.78 is 33.3. The van der Waals surface area contributed by atoms with Gasteiger partial charge in [0.25, 0.3) is 15.9 Å². The SMILES string of the molecule is CCCC(NC(=O)c1ccc(Oc2ccccc2)cc1)C(=O)N1CCC2C1C(=O)CN2S(=O)(=O)c1ccccn1. The van der Waals surface area contributed by atoms with Crippen LogP contribution in [0.4, 0.5) is 0 Å². The Balaban J connectivity index is 1.27. The summed E-state index contributed by atoms with van der Waals surface area (Å²) in [6.07, 6.45) is 2.70. The molecular weight excluding hydrogens is 532 g/mol. The van der Waals surface area contributed by atoms with Gasteiger partial charge >= 0.3 is 0 Å². The van der Waals surface area contributed by atoms with Crippen LogP contribution in [0.2, 0.25) is 0 Å². The highest BCUT2D eigenvalue weighted by Crippen LogP contribution is 2.34. The number of amides is 2. The first-order chi connectivity index (χ1) is 19.3. The second kappa shape index (κ2) is 11.6. The molecule has 208 valence electrons. The van der Waals surface area contributed by atoms with Gasteiger partial charge in [-0.3, -0.25) is 14.4 Å². The van der Waals surface area contributed by atoms with Crippen molar-refractivity contribution in [2.24, 2.45) is 0 Å². The standard InChI is InChI=1S/C29H30N4O6S/c1-2-8-23(31-28(35)20-12-14-22(15-13-20)39-21-9-4-3-5-10-21)29(36)32-18-16-24-27(32)25(34)19-33(24)40(37,38)26-11-6-7-17-30-26/h3-7,9-15,17,23-24,27H,2,8,16,18-19H2,1H3,(H,31,35).